The third-order valence-corrected chi connectivity index (χ3v) is 6.90. The van der Waals surface area contributed by atoms with E-state index in [1.54, 1.807) is 78.9 Å². The molecule has 0 atom stereocenters. The molecule has 0 aliphatic rings. The number of esters is 1. The number of hydrogen-bond donors (Lipinski definition) is 2. The number of nitrogens with zero attached hydrogens (tertiary/aromatic N) is 1. The quantitative estimate of drug-likeness (QED) is 0.0983. The highest BCUT2D eigenvalue weighted by atomic mass is 35.5. The molecule has 6 nitrogen and oxygen atoms in total. The van der Waals surface area contributed by atoms with E-state index < -0.39 is 17.5 Å². The van der Waals surface area contributed by atoms with Crippen LogP contribution in [0.25, 0.3) is 10.8 Å². The van der Waals surface area contributed by atoms with Gasteiger partial charge in [0.1, 0.15) is 5.75 Å². The molecule has 5 aromatic rings. The molecule has 40 heavy (non-hydrogen) atoms. The van der Waals surface area contributed by atoms with Crippen molar-refractivity contribution in [2.75, 3.05) is 0 Å². The average Bonchev–Trinajstić information content (AvgIpc) is 2.98. The van der Waals surface area contributed by atoms with Gasteiger partial charge in [0, 0.05) is 10.6 Å². The highest BCUT2D eigenvalue weighted by Crippen LogP contribution is 2.31. The molecule has 0 heterocycles. The summed E-state index contributed by atoms with van der Waals surface area (Å²) in [6.45, 7) is 0. The number of hydrogen-bond acceptors (Lipinski definition) is 5. The number of aliphatic hydroxyl groups is 1. The maximum atomic E-state index is 13.4. The average molecular weight is 569 g/mol. The van der Waals surface area contributed by atoms with Crippen LogP contribution in [0.15, 0.2) is 120 Å². The molecule has 0 fully saturated rings. The van der Waals surface area contributed by atoms with E-state index in [-0.39, 0.29) is 16.3 Å². The Morgan fingerprint density at radius 2 is 1.43 bits per heavy atom. The fraction of sp³-hybridized carbons (Fsp3) is 0.0312. The van der Waals surface area contributed by atoms with Gasteiger partial charge in [-0.15, -0.1) is 0 Å². The summed E-state index contributed by atoms with van der Waals surface area (Å²) in [5, 5.41) is 18.0. The van der Waals surface area contributed by atoms with Gasteiger partial charge in [-0.3, -0.25) is 4.79 Å². The molecule has 0 bridgehead atoms. The van der Waals surface area contributed by atoms with Crippen LogP contribution in [0.3, 0.4) is 0 Å². The zero-order valence-electron chi connectivity index (χ0n) is 20.9. The van der Waals surface area contributed by atoms with Crippen LogP contribution >= 0.6 is 23.2 Å². The number of hydrazone groups is 1. The van der Waals surface area contributed by atoms with Gasteiger partial charge in [0.25, 0.3) is 5.91 Å². The smallest absolute Gasteiger partial charge is 0.345 e. The van der Waals surface area contributed by atoms with Crippen molar-refractivity contribution in [1.29, 1.82) is 0 Å². The summed E-state index contributed by atoms with van der Waals surface area (Å²) in [7, 11) is 0. The van der Waals surface area contributed by atoms with Crippen molar-refractivity contribution < 1.29 is 19.4 Å². The Morgan fingerprint density at radius 3 is 2.08 bits per heavy atom. The number of nitrogens with one attached hydrogen (secondary N) is 1. The Kier molecular flexibility index (Phi) is 7.94. The van der Waals surface area contributed by atoms with Gasteiger partial charge in [-0.25, -0.2) is 10.2 Å². The van der Waals surface area contributed by atoms with E-state index in [1.165, 1.54) is 18.3 Å². The second kappa shape index (κ2) is 11.7. The molecule has 0 unspecified atom stereocenters. The molecule has 5 rings (SSSR count). The first-order valence-corrected chi connectivity index (χ1v) is 13.0. The number of rotatable bonds is 7. The Labute approximate surface area is 240 Å². The zero-order valence-corrected chi connectivity index (χ0v) is 22.4. The lowest BCUT2D eigenvalue weighted by molar-refractivity contribution is -0.136. The largest absolute Gasteiger partial charge is 0.422 e. The van der Waals surface area contributed by atoms with E-state index >= 15 is 0 Å². The molecule has 0 saturated carbocycles. The Morgan fingerprint density at radius 1 is 0.800 bits per heavy atom. The predicted molar refractivity (Wildman–Crippen MR) is 157 cm³/mol. The lowest BCUT2D eigenvalue weighted by Crippen LogP contribution is -2.43. The van der Waals surface area contributed by atoms with E-state index in [9.17, 15) is 14.7 Å². The van der Waals surface area contributed by atoms with Crippen LogP contribution in [-0.4, -0.2) is 23.2 Å². The first kappa shape index (κ1) is 27.1. The summed E-state index contributed by atoms with van der Waals surface area (Å²) in [6, 6.07) is 32.6. The van der Waals surface area contributed by atoms with Gasteiger partial charge in [-0.1, -0.05) is 114 Å². The molecule has 0 aromatic heterocycles. The van der Waals surface area contributed by atoms with E-state index in [0.717, 1.165) is 10.8 Å². The first-order valence-electron chi connectivity index (χ1n) is 12.2. The fourth-order valence-electron chi connectivity index (χ4n) is 4.33. The number of benzene rings is 5. The number of halogens is 2. The van der Waals surface area contributed by atoms with E-state index in [4.69, 9.17) is 27.9 Å². The second-order valence-corrected chi connectivity index (χ2v) is 9.70. The van der Waals surface area contributed by atoms with Gasteiger partial charge in [0.05, 0.1) is 16.8 Å². The van der Waals surface area contributed by atoms with Crippen LogP contribution in [-0.2, 0) is 10.4 Å². The Hall–Kier alpha value is -4.49. The Balaban J connectivity index is 1.48. The third-order valence-electron chi connectivity index (χ3n) is 6.36. The number of amides is 1. The van der Waals surface area contributed by atoms with Crippen molar-refractivity contribution in [3.63, 3.8) is 0 Å². The third kappa shape index (κ3) is 5.46. The van der Waals surface area contributed by atoms with Gasteiger partial charge in [-0.2, -0.15) is 5.10 Å². The molecule has 1 amide bonds. The summed E-state index contributed by atoms with van der Waals surface area (Å²) in [5.41, 5.74) is 1.82. The molecule has 0 spiro atoms. The zero-order chi connectivity index (χ0) is 28.1. The van der Waals surface area contributed by atoms with Crippen molar-refractivity contribution in [2.24, 2.45) is 5.10 Å². The molecule has 8 heteroatoms. The van der Waals surface area contributed by atoms with E-state index in [0.29, 0.717) is 21.7 Å². The normalized spacial score (nSPS) is 11.5. The maximum absolute atomic E-state index is 13.4. The molecule has 2 N–H and O–H groups in total. The number of ether oxygens (including phenoxy) is 1. The fourth-order valence-corrected chi connectivity index (χ4v) is 4.82. The maximum Gasteiger partial charge on any atom is 0.345 e. The van der Waals surface area contributed by atoms with Crippen molar-refractivity contribution in [3.8, 4) is 5.75 Å². The van der Waals surface area contributed by atoms with Crippen LogP contribution in [0.4, 0.5) is 0 Å². The lowest BCUT2D eigenvalue weighted by Gasteiger charge is -2.27. The summed E-state index contributed by atoms with van der Waals surface area (Å²) in [5.74, 6) is -1.24. The monoisotopic (exact) mass is 568 g/mol. The minimum Gasteiger partial charge on any atom is -0.422 e. The predicted octanol–water partition coefficient (Wildman–Crippen LogP) is 6.75. The van der Waals surface area contributed by atoms with E-state index in [1.807, 2.05) is 24.3 Å². The van der Waals surface area contributed by atoms with Gasteiger partial charge in [0.15, 0.2) is 5.60 Å². The number of carbonyl (C=O) groups is 2. The highest BCUT2D eigenvalue weighted by Gasteiger charge is 2.39. The summed E-state index contributed by atoms with van der Waals surface area (Å²) >= 11 is 12.2. The molecule has 0 saturated heterocycles. The van der Waals surface area contributed by atoms with Crippen LogP contribution in [0.1, 0.15) is 27.0 Å². The Bertz CT molecular complexity index is 1680. The van der Waals surface area contributed by atoms with Crippen molar-refractivity contribution in [1.82, 2.24) is 5.43 Å². The molecular formula is C32H22Cl2N2O4. The van der Waals surface area contributed by atoms with Crippen molar-refractivity contribution in [3.05, 3.63) is 148 Å². The standard InChI is InChI=1S/C32H22Cl2N2O4/c33-24-16-17-26(28(34)19-24)30(37)40-29-18-15-21-9-7-8-14-25(21)27(29)20-35-36-31(38)32(39,22-10-3-1-4-11-22)23-12-5-2-6-13-23/h1-20,39H,(H,36,38)/b35-20+. The van der Waals surface area contributed by atoms with Crippen LogP contribution in [0.2, 0.25) is 10.0 Å². The SMILES string of the molecule is O=C(Oc1ccc2ccccc2c1/C=N/NC(=O)C(O)(c1ccccc1)c1ccccc1)c1ccc(Cl)cc1Cl. The van der Waals surface area contributed by atoms with E-state index in [2.05, 4.69) is 10.5 Å². The van der Waals surface area contributed by atoms with Gasteiger partial charge < -0.3 is 9.84 Å². The summed E-state index contributed by atoms with van der Waals surface area (Å²) in [6.07, 6.45) is 1.38. The lowest BCUT2D eigenvalue weighted by atomic mass is 9.85. The summed E-state index contributed by atoms with van der Waals surface area (Å²) in [4.78, 5) is 26.4. The number of carbonyl (C=O) groups excluding carboxylic acids is 2. The van der Waals surface area contributed by atoms with Crippen LogP contribution in [0, 0.1) is 0 Å². The van der Waals surface area contributed by atoms with Gasteiger partial charge in [-0.05, 0) is 46.2 Å². The highest BCUT2D eigenvalue weighted by molar-refractivity contribution is 6.36. The second-order valence-electron chi connectivity index (χ2n) is 8.85. The molecular weight excluding hydrogens is 547 g/mol. The topological polar surface area (TPSA) is 88.0 Å². The minimum absolute atomic E-state index is 0.145. The van der Waals surface area contributed by atoms with Crippen LogP contribution in [0.5, 0.6) is 5.75 Å². The van der Waals surface area contributed by atoms with Crippen LogP contribution < -0.4 is 10.2 Å². The van der Waals surface area contributed by atoms with Crippen molar-refractivity contribution in [2.45, 2.75) is 5.60 Å². The molecule has 5 aromatic carbocycles. The first-order chi connectivity index (χ1) is 19.4. The van der Waals surface area contributed by atoms with Gasteiger partial charge >= 0.3 is 5.97 Å². The molecule has 0 aliphatic heterocycles. The molecule has 0 radical (unpaired) electrons. The number of fused-ring (bicyclic) bond motifs is 1. The van der Waals surface area contributed by atoms with Gasteiger partial charge in [0.2, 0.25) is 0 Å². The molecule has 0 aliphatic carbocycles. The molecule has 198 valence electrons. The minimum atomic E-state index is -2.00. The van der Waals surface area contributed by atoms with Crippen molar-refractivity contribution >= 4 is 52.1 Å². The summed E-state index contributed by atoms with van der Waals surface area (Å²) < 4.78 is 5.70.